The summed E-state index contributed by atoms with van der Waals surface area (Å²) in [5.74, 6) is 1.23. The SMILES string of the molecule is CCCCc1noc(CNc2cc(C(=O)NCC)ccc2C)n1. The highest BCUT2D eigenvalue weighted by atomic mass is 16.5. The molecule has 0 atom stereocenters. The first-order valence-corrected chi connectivity index (χ1v) is 8.08. The maximum atomic E-state index is 11.9. The molecule has 1 amide bonds. The van der Waals surface area contributed by atoms with Crippen LogP contribution in [0.2, 0.25) is 0 Å². The number of unbranched alkanes of at least 4 members (excludes halogenated alkanes) is 1. The van der Waals surface area contributed by atoms with Crippen LogP contribution in [0.4, 0.5) is 5.69 Å². The number of aryl methyl sites for hydroxylation is 2. The lowest BCUT2D eigenvalue weighted by Gasteiger charge is -2.10. The maximum absolute atomic E-state index is 11.9. The largest absolute Gasteiger partial charge is 0.376 e. The third kappa shape index (κ3) is 4.81. The number of aromatic nitrogens is 2. The van der Waals surface area contributed by atoms with E-state index in [1.165, 1.54) is 0 Å². The monoisotopic (exact) mass is 316 g/mol. The third-order valence-corrected chi connectivity index (χ3v) is 3.53. The Morgan fingerprint density at radius 2 is 2.13 bits per heavy atom. The van der Waals surface area contributed by atoms with Crippen molar-refractivity contribution in [2.75, 3.05) is 11.9 Å². The van der Waals surface area contributed by atoms with Crippen molar-refractivity contribution >= 4 is 11.6 Å². The highest BCUT2D eigenvalue weighted by molar-refractivity contribution is 5.95. The van der Waals surface area contributed by atoms with Crippen molar-refractivity contribution < 1.29 is 9.32 Å². The lowest BCUT2D eigenvalue weighted by atomic mass is 10.1. The molecule has 0 aliphatic heterocycles. The van der Waals surface area contributed by atoms with E-state index >= 15 is 0 Å². The molecule has 2 aromatic rings. The fourth-order valence-electron chi connectivity index (χ4n) is 2.19. The predicted octanol–water partition coefficient (Wildman–Crippen LogP) is 3.08. The summed E-state index contributed by atoms with van der Waals surface area (Å²) in [5, 5.41) is 10.0. The van der Waals surface area contributed by atoms with Crippen LogP contribution < -0.4 is 10.6 Å². The first-order chi connectivity index (χ1) is 11.1. The van der Waals surface area contributed by atoms with Crippen LogP contribution in [0.5, 0.6) is 0 Å². The zero-order chi connectivity index (χ0) is 16.7. The molecular formula is C17H24N4O2. The van der Waals surface area contributed by atoms with E-state index in [0.29, 0.717) is 24.5 Å². The molecule has 0 saturated carbocycles. The second-order valence-electron chi connectivity index (χ2n) is 5.45. The van der Waals surface area contributed by atoms with Gasteiger partial charge < -0.3 is 15.2 Å². The molecule has 0 bridgehead atoms. The zero-order valence-corrected chi connectivity index (χ0v) is 14.0. The summed E-state index contributed by atoms with van der Waals surface area (Å²) in [5.41, 5.74) is 2.58. The minimum Gasteiger partial charge on any atom is -0.376 e. The Morgan fingerprint density at radius 1 is 1.30 bits per heavy atom. The Labute approximate surface area is 136 Å². The number of carbonyl (C=O) groups excluding carboxylic acids is 1. The van der Waals surface area contributed by atoms with Gasteiger partial charge in [-0.05, 0) is 38.0 Å². The number of nitrogens with zero attached hydrogens (tertiary/aromatic N) is 2. The van der Waals surface area contributed by atoms with Crippen molar-refractivity contribution in [2.24, 2.45) is 0 Å². The molecule has 1 aromatic heterocycles. The van der Waals surface area contributed by atoms with Gasteiger partial charge in [-0.3, -0.25) is 4.79 Å². The first-order valence-electron chi connectivity index (χ1n) is 8.08. The van der Waals surface area contributed by atoms with E-state index in [2.05, 4.69) is 27.7 Å². The summed E-state index contributed by atoms with van der Waals surface area (Å²) in [6.07, 6.45) is 3.00. The molecule has 2 N–H and O–H groups in total. The van der Waals surface area contributed by atoms with Gasteiger partial charge in [-0.1, -0.05) is 24.6 Å². The van der Waals surface area contributed by atoms with Crippen LogP contribution in [0.15, 0.2) is 22.7 Å². The van der Waals surface area contributed by atoms with Crippen molar-refractivity contribution in [3.05, 3.63) is 41.0 Å². The van der Waals surface area contributed by atoms with Crippen LogP contribution in [-0.2, 0) is 13.0 Å². The van der Waals surface area contributed by atoms with Gasteiger partial charge in [-0.15, -0.1) is 0 Å². The fraction of sp³-hybridized carbons (Fsp3) is 0.471. The molecule has 0 fully saturated rings. The maximum Gasteiger partial charge on any atom is 0.251 e. The summed E-state index contributed by atoms with van der Waals surface area (Å²) in [7, 11) is 0. The summed E-state index contributed by atoms with van der Waals surface area (Å²) in [6.45, 7) is 7.07. The van der Waals surface area contributed by atoms with E-state index in [4.69, 9.17) is 4.52 Å². The average Bonchev–Trinajstić information content (AvgIpc) is 3.00. The molecular weight excluding hydrogens is 292 g/mol. The number of amides is 1. The number of carbonyl (C=O) groups is 1. The highest BCUT2D eigenvalue weighted by Crippen LogP contribution is 2.18. The molecule has 0 saturated heterocycles. The number of nitrogens with one attached hydrogen (secondary N) is 2. The lowest BCUT2D eigenvalue weighted by molar-refractivity contribution is 0.0956. The number of anilines is 1. The van der Waals surface area contributed by atoms with Crippen LogP contribution in [0, 0.1) is 6.92 Å². The lowest BCUT2D eigenvalue weighted by Crippen LogP contribution is -2.22. The van der Waals surface area contributed by atoms with Crippen molar-refractivity contribution in [1.29, 1.82) is 0 Å². The summed E-state index contributed by atoms with van der Waals surface area (Å²) >= 11 is 0. The molecule has 124 valence electrons. The molecule has 0 aliphatic carbocycles. The Hall–Kier alpha value is -2.37. The van der Waals surface area contributed by atoms with Crippen LogP contribution in [0.1, 0.15) is 54.3 Å². The molecule has 0 aliphatic rings. The van der Waals surface area contributed by atoms with Gasteiger partial charge in [0.1, 0.15) is 0 Å². The van der Waals surface area contributed by atoms with Crippen LogP contribution in [0.25, 0.3) is 0 Å². The normalized spacial score (nSPS) is 10.6. The molecule has 1 heterocycles. The van der Waals surface area contributed by atoms with Gasteiger partial charge in [-0.2, -0.15) is 4.98 Å². The van der Waals surface area contributed by atoms with Gasteiger partial charge in [-0.25, -0.2) is 0 Å². The smallest absolute Gasteiger partial charge is 0.251 e. The Balaban J connectivity index is 2.00. The van der Waals surface area contributed by atoms with Gasteiger partial charge in [0.15, 0.2) is 5.82 Å². The summed E-state index contributed by atoms with van der Waals surface area (Å²) in [4.78, 5) is 16.3. The molecule has 0 radical (unpaired) electrons. The second kappa shape index (κ2) is 8.31. The molecule has 0 unspecified atom stereocenters. The molecule has 23 heavy (non-hydrogen) atoms. The van der Waals surface area contributed by atoms with E-state index in [1.807, 2.05) is 32.0 Å². The topological polar surface area (TPSA) is 80.0 Å². The van der Waals surface area contributed by atoms with Gasteiger partial charge in [0.05, 0.1) is 6.54 Å². The summed E-state index contributed by atoms with van der Waals surface area (Å²) < 4.78 is 5.24. The van der Waals surface area contributed by atoms with Crippen molar-refractivity contribution in [1.82, 2.24) is 15.5 Å². The zero-order valence-electron chi connectivity index (χ0n) is 14.0. The van der Waals surface area contributed by atoms with Gasteiger partial charge >= 0.3 is 0 Å². The number of hydrogen-bond donors (Lipinski definition) is 2. The molecule has 2 rings (SSSR count). The van der Waals surface area contributed by atoms with E-state index in [1.54, 1.807) is 0 Å². The predicted molar refractivity (Wildman–Crippen MR) is 89.4 cm³/mol. The van der Waals surface area contributed by atoms with E-state index in [0.717, 1.165) is 36.3 Å². The highest BCUT2D eigenvalue weighted by Gasteiger charge is 2.09. The van der Waals surface area contributed by atoms with E-state index in [-0.39, 0.29) is 5.91 Å². The third-order valence-electron chi connectivity index (χ3n) is 3.53. The minimum atomic E-state index is -0.0739. The first kappa shape index (κ1) is 17.0. The number of benzene rings is 1. The molecule has 6 heteroatoms. The standard InChI is InChI=1S/C17H24N4O2/c1-4-6-7-15-20-16(23-21-15)11-19-14-10-13(9-8-12(14)3)17(22)18-5-2/h8-10,19H,4-7,11H2,1-3H3,(H,18,22). The summed E-state index contributed by atoms with van der Waals surface area (Å²) in [6, 6.07) is 5.59. The van der Waals surface area contributed by atoms with E-state index < -0.39 is 0 Å². The average molecular weight is 316 g/mol. The fourth-order valence-corrected chi connectivity index (χ4v) is 2.19. The number of rotatable bonds is 8. The number of hydrogen-bond acceptors (Lipinski definition) is 5. The molecule has 0 spiro atoms. The molecule has 6 nitrogen and oxygen atoms in total. The second-order valence-corrected chi connectivity index (χ2v) is 5.45. The van der Waals surface area contributed by atoms with E-state index in [9.17, 15) is 4.79 Å². The van der Waals surface area contributed by atoms with Crippen LogP contribution in [-0.4, -0.2) is 22.6 Å². The molecule has 1 aromatic carbocycles. The quantitative estimate of drug-likeness (QED) is 0.782. The van der Waals surface area contributed by atoms with Crippen LogP contribution in [0.3, 0.4) is 0 Å². The van der Waals surface area contributed by atoms with Gasteiger partial charge in [0.25, 0.3) is 5.91 Å². The Kier molecular flexibility index (Phi) is 6.14. The van der Waals surface area contributed by atoms with Crippen molar-refractivity contribution in [3.8, 4) is 0 Å². The van der Waals surface area contributed by atoms with Gasteiger partial charge in [0, 0.05) is 24.2 Å². The van der Waals surface area contributed by atoms with Crippen LogP contribution >= 0.6 is 0 Å². The Morgan fingerprint density at radius 3 is 2.87 bits per heavy atom. The van der Waals surface area contributed by atoms with Crippen molar-refractivity contribution in [2.45, 2.75) is 46.6 Å². The van der Waals surface area contributed by atoms with Crippen molar-refractivity contribution in [3.63, 3.8) is 0 Å². The van der Waals surface area contributed by atoms with Gasteiger partial charge in [0.2, 0.25) is 5.89 Å². The minimum absolute atomic E-state index is 0.0739. The Bertz CT molecular complexity index is 652.